The van der Waals surface area contributed by atoms with Gasteiger partial charge >= 0.3 is 0 Å². The van der Waals surface area contributed by atoms with Gasteiger partial charge in [0.2, 0.25) is 0 Å². The number of aryl methyl sites for hydroxylation is 1. The lowest BCUT2D eigenvalue weighted by atomic mass is 10.1. The molecule has 1 aromatic carbocycles. The molecular formula is C14H17N3. The van der Waals surface area contributed by atoms with E-state index in [0.717, 1.165) is 30.0 Å². The van der Waals surface area contributed by atoms with E-state index in [2.05, 4.69) is 22.9 Å². The van der Waals surface area contributed by atoms with Crippen molar-refractivity contribution in [1.82, 2.24) is 4.98 Å². The summed E-state index contributed by atoms with van der Waals surface area (Å²) >= 11 is 0. The van der Waals surface area contributed by atoms with Crippen LogP contribution in [-0.2, 0) is 0 Å². The van der Waals surface area contributed by atoms with Crippen LogP contribution in [0.3, 0.4) is 0 Å². The van der Waals surface area contributed by atoms with Gasteiger partial charge < -0.3 is 10.6 Å². The molecule has 0 radical (unpaired) electrons. The lowest BCUT2D eigenvalue weighted by molar-refractivity contribution is 0.949. The van der Waals surface area contributed by atoms with Crippen LogP contribution in [0, 0.1) is 6.92 Å². The van der Waals surface area contributed by atoms with Crippen molar-refractivity contribution in [1.29, 1.82) is 0 Å². The number of hydrogen-bond acceptors (Lipinski definition) is 3. The van der Waals surface area contributed by atoms with E-state index in [9.17, 15) is 0 Å². The second-order valence-corrected chi connectivity index (χ2v) is 4.75. The highest BCUT2D eigenvalue weighted by Gasteiger charge is 2.15. The molecule has 1 fully saturated rings. The Morgan fingerprint density at radius 2 is 1.94 bits per heavy atom. The van der Waals surface area contributed by atoms with Crippen molar-refractivity contribution in [2.45, 2.75) is 19.8 Å². The summed E-state index contributed by atoms with van der Waals surface area (Å²) in [6.45, 7) is 4.34. The Hall–Kier alpha value is -1.77. The summed E-state index contributed by atoms with van der Waals surface area (Å²) in [5.74, 6) is 0. The van der Waals surface area contributed by atoms with Crippen LogP contribution < -0.4 is 10.6 Å². The quantitative estimate of drug-likeness (QED) is 0.762. The zero-order valence-electron chi connectivity index (χ0n) is 10.1. The summed E-state index contributed by atoms with van der Waals surface area (Å²) in [4.78, 5) is 7.01. The number of hydrogen-bond donors (Lipinski definition) is 1. The fraction of sp³-hybridized carbons (Fsp3) is 0.357. The predicted octanol–water partition coefficient (Wildman–Crippen LogP) is 2.73. The third kappa shape index (κ3) is 1.82. The Labute approximate surface area is 101 Å². The molecule has 0 amide bonds. The second-order valence-electron chi connectivity index (χ2n) is 4.75. The second kappa shape index (κ2) is 3.91. The van der Waals surface area contributed by atoms with E-state index in [1.54, 1.807) is 0 Å². The molecule has 2 aromatic rings. The molecule has 17 heavy (non-hydrogen) atoms. The first-order valence-corrected chi connectivity index (χ1v) is 6.16. The molecule has 3 rings (SSSR count). The Morgan fingerprint density at radius 1 is 1.18 bits per heavy atom. The van der Waals surface area contributed by atoms with Gasteiger partial charge in [0, 0.05) is 35.5 Å². The molecule has 0 unspecified atom stereocenters. The summed E-state index contributed by atoms with van der Waals surface area (Å²) in [5.41, 5.74) is 10.1. The Kier molecular flexibility index (Phi) is 2.39. The molecule has 88 valence electrons. The van der Waals surface area contributed by atoms with Crippen LogP contribution in [0.25, 0.3) is 10.9 Å². The van der Waals surface area contributed by atoms with Crippen molar-refractivity contribution < 1.29 is 0 Å². The maximum absolute atomic E-state index is 5.88. The molecule has 0 aliphatic carbocycles. The van der Waals surface area contributed by atoms with Crippen molar-refractivity contribution >= 4 is 22.3 Å². The predicted molar refractivity (Wildman–Crippen MR) is 72.3 cm³/mol. The van der Waals surface area contributed by atoms with E-state index >= 15 is 0 Å². The summed E-state index contributed by atoms with van der Waals surface area (Å²) in [6.07, 6.45) is 2.57. The molecular weight excluding hydrogens is 210 g/mol. The van der Waals surface area contributed by atoms with Crippen LogP contribution >= 0.6 is 0 Å². The molecule has 0 saturated carbocycles. The molecule has 2 N–H and O–H groups in total. The number of nitrogen functional groups attached to an aromatic ring is 1. The van der Waals surface area contributed by atoms with Gasteiger partial charge in [-0.15, -0.1) is 0 Å². The molecule has 1 aromatic heterocycles. The van der Waals surface area contributed by atoms with E-state index in [4.69, 9.17) is 5.73 Å². The zero-order chi connectivity index (χ0) is 11.8. The normalized spacial score (nSPS) is 15.7. The van der Waals surface area contributed by atoms with E-state index in [1.165, 1.54) is 23.9 Å². The highest BCUT2D eigenvalue weighted by atomic mass is 15.1. The van der Waals surface area contributed by atoms with Crippen molar-refractivity contribution in [2.24, 2.45) is 0 Å². The largest absolute Gasteiger partial charge is 0.399 e. The van der Waals surface area contributed by atoms with Gasteiger partial charge in [-0.2, -0.15) is 0 Å². The average Bonchev–Trinajstić information content (AvgIpc) is 2.82. The minimum Gasteiger partial charge on any atom is -0.399 e. The Balaban J connectivity index is 2.23. The summed E-state index contributed by atoms with van der Waals surface area (Å²) in [5, 5.41) is 1.18. The monoisotopic (exact) mass is 227 g/mol. The molecule has 0 atom stereocenters. The fourth-order valence-corrected chi connectivity index (χ4v) is 2.57. The maximum Gasteiger partial charge on any atom is 0.0727 e. The van der Waals surface area contributed by atoms with Crippen LogP contribution in [0.2, 0.25) is 0 Å². The number of nitrogens with zero attached hydrogens (tertiary/aromatic N) is 2. The van der Waals surface area contributed by atoms with Crippen LogP contribution in [-0.4, -0.2) is 18.1 Å². The van der Waals surface area contributed by atoms with Gasteiger partial charge in [-0.1, -0.05) is 0 Å². The first-order chi connectivity index (χ1) is 8.24. The zero-order valence-corrected chi connectivity index (χ0v) is 10.1. The lowest BCUT2D eigenvalue weighted by Crippen LogP contribution is -2.18. The Bertz CT molecular complexity index is 557. The summed E-state index contributed by atoms with van der Waals surface area (Å²) < 4.78 is 0. The van der Waals surface area contributed by atoms with Crippen LogP contribution in [0.15, 0.2) is 24.3 Å². The minimum absolute atomic E-state index is 0.809. The summed E-state index contributed by atoms with van der Waals surface area (Å²) in [7, 11) is 0. The molecule has 1 aliphatic rings. The van der Waals surface area contributed by atoms with Gasteiger partial charge in [0.15, 0.2) is 0 Å². The lowest BCUT2D eigenvalue weighted by Gasteiger charge is -2.20. The van der Waals surface area contributed by atoms with E-state index in [-0.39, 0.29) is 0 Å². The number of rotatable bonds is 1. The van der Waals surface area contributed by atoms with Gasteiger partial charge in [-0.25, -0.2) is 0 Å². The number of aromatic nitrogens is 1. The number of benzene rings is 1. The maximum atomic E-state index is 5.88. The smallest absolute Gasteiger partial charge is 0.0727 e. The molecule has 1 aliphatic heterocycles. The standard InChI is InChI=1S/C14H17N3/c1-10-8-14(17-6-2-3-7-17)12-9-11(15)4-5-13(12)16-10/h4-5,8-9H,2-3,6-7,15H2,1H3. The Morgan fingerprint density at radius 3 is 2.71 bits per heavy atom. The van der Waals surface area contributed by atoms with E-state index in [0.29, 0.717) is 0 Å². The number of nitrogens with two attached hydrogens (primary N) is 1. The number of anilines is 2. The number of fused-ring (bicyclic) bond motifs is 1. The molecule has 2 heterocycles. The fourth-order valence-electron chi connectivity index (χ4n) is 2.57. The van der Waals surface area contributed by atoms with Gasteiger partial charge in [-0.05, 0) is 44.0 Å². The van der Waals surface area contributed by atoms with Crippen molar-refractivity contribution in [3.05, 3.63) is 30.0 Å². The SMILES string of the molecule is Cc1cc(N2CCCC2)c2cc(N)ccc2n1. The van der Waals surface area contributed by atoms with Crippen LogP contribution in [0.4, 0.5) is 11.4 Å². The average molecular weight is 227 g/mol. The van der Waals surface area contributed by atoms with Gasteiger partial charge in [0.1, 0.15) is 0 Å². The number of pyridine rings is 1. The summed E-state index contributed by atoms with van der Waals surface area (Å²) in [6, 6.07) is 8.14. The van der Waals surface area contributed by atoms with Crippen molar-refractivity contribution in [2.75, 3.05) is 23.7 Å². The van der Waals surface area contributed by atoms with Crippen molar-refractivity contribution in [3.8, 4) is 0 Å². The third-order valence-corrected chi connectivity index (χ3v) is 3.39. The van der Waals surface area contributed by atoms with Gasteiger partial charge in [-0.3, -0.25) is 4.98 Å². The highest BCUT2D eigenvalue weighted by molar-refractivity contribution is 5.94. The van der Waals surface area contributed by atoms with E-state index in [1.807, 2.05) is 18.2 Å². The van der Waals surface area contributed by atoms with Gasteiger partial charge in [0.25, 0.3) is 0 Å². The first-order valence-electron chi connectivity index (χ1n) is 6.16. The van der Waals surface area contributed by atoms with Crippen molar-refractivity contribution in [3.63, 3.8) is 0 Å². The topological polar surface area (TPSA) is 42.1 Å². The molecule has 0 bridgehead atoms. The minimum atomic E-state index is 0.809. The molecule has 3 heteroatoms. The third-order valence-electron chi connectivity index (χ3n) is 3.39. The first kappa shape index (κ1) is 10.4. The van der Waals surface area contributed by atoms with E-state index < -0.39 is 0 Å². The van der Waals surface area contributed by atoms with Crippen LogP contribution in [0.1, 0.15) is 18.5 Å². The highest BCUT2D eigenvalue weighted by Crippen LogP contribution is 2.30. The molecule has 0 spiro atoms. The van der Waals surface area contributed by atoms with Gasteiger partial charge in [0.05, 0.1) is 5.52 Å². The molecule has 1 saturated heterocycles. The molecule has 3 nitrogen and oxygen atoms in total. The van der Waals surface area contributed by atoms with Crippen LogP contribution in [0.5, 0.6) is 0 Å².